The normalized spacial score (nSPS) is 23.6. The van der Waals surface area contributed by atoms with E-state index in [0.717, 1.165) is 0 Å². The third-order valence-corrected chi connectivity index (χ3v) is 3.33. The van der Waals surface area contributed by atoms with Crippen molar-refractivity contribution in [2.45, 2.75) is 12.5 Å². The number of hydrogen-bond acceptors (Lipinski definition) is 4. The number of ether oxygens (including phenoxy) is 2. The monoisotopic (exact) mass is 288 g/mol. The highest BCUT2D eigenvalue weighted by Crippen LogP contribution is 2.43. The molecular weight excluding hydrogens is 272 g/mol. The van der Waals surface area contributed by atoms with Gasteiger partial charge in [0, 0.05) is 12.5 Å². The molecule has 0 radical (unpaired) electrons. The molecule has 2 atom stereocenters. The molecule has 1 aliphatic rings. The van der Waals surface area contributed by atoms with E-state index in [-0.39, 0.29) is 0 Å². The predicted octanol–water partition coefficient (Wildman–Crippen LogP) is 2.28. The second kappa shape index (κ2) is 5.83. The van der Waals surface area contributed by atoms with Crippen LogP contribution < -0.4 is 4.74 Å². The molecule has 0 amide bonds. The third kappa shape index (κ3) is 2.67. The van der Waals surface area contributed by atoms with Crippen LogP contribution in [0.15, 0.2) is 48.6 Å². The number of carboxylic acid groups (broad SMARTS) is 1. The summed E-state index contributed by atoms with van der Waals surface area (Å²) in [5.74, 6) is -2.21. The van der Waals surface area contributed by atoms with E-state index in [2.05, 4.69) is 0 Å². The van der Waals surface area contributed by atoms with Gasteiger partial charge in [0.05, 0.1) is 7.11 Å². The highest BCUT2D eigenvalue weighted by atomic mass is 16.6. The Morgan fingerprint density at radius 2 is 1.95 bits per heavy atom. The van der Waals surface area contributed by atoms with Crippen LogP contribution in [-0.2, 0) is 19.9 Å². The summed E-state index contributed by atoms with van der Waals surface area (Å²) in [7, 11) is 1.48. The molecule has 0 fully saturated rings. The van der Waals surface area contributed by atoms with Gasteiger partial charge in [-0.15, -0.1) is 0 Å². The fourth-order valence-corrected chi connectivity index (χ4v) is 2.50. The van der Waals surface area contributed by atoms with Gasteiger partial charge >= 0.3 is 11.9 Å². The van der Waals surface area contributed by atoms with E-state index >= 15 is 0 Å². The Balaban J connectivity index is 2.66. The van der Waals surface area contributed by atoms with Crippen molar-refractivity contribution in [2.75, 3.05) is 7.11 Å². The van der Waals surface area contributed by atoms with Gasteiger partial charge in [-0.25, -0.2) is 0 Å². The van der Waals surface area contributed by atoms with Gasteiger partial charge in [-0.05, 0) is 12.1 Å². The van der Waals surface area contributed by atoms with E-state index in [1.807, 2.05) is 0 Å². The molecular formula is C16H16O5. The number of methoxy groups -OCH3 is 1. The Bertz CT molecular complexity index is 617. The summed E-state index contributed by atoms with van der Waals surface area (Å²) in [6.07, 6.45) is 6.35. The topological polar surface area (TPSA) is 72.8 Å². The number of rotatable bonds is 4. The second-order valence-electron chi connectivity index (χ2n) is 4.65. The number of para-hydroxylation sites is 1. The van der Waals surface area contributed by atoms with Crippen LogP contribution in [0.5, 0.6) is 5.75 Å². The van der Waals surface area contributed by atoms with Gasteiger partial charge < -0.3 is 14.6 Å². The van der Waals surface area contributed by atoms with E-state index in [0.29, 0.717) is 11.3 Å². The van der Waals surface area contributed by atoms with Crippen LogP contribution in [0, 0.1) is 5.92 Å². The summed E-state index contributed by atoms with van der Waals surface area (Å²) >= 11 is 0. The van der Waals surface area contributed by atoms with Crippen molar-refractivity contribution >= 4 is 11.9 Å². The van der Waals surface area contributed by atoms with Crippen molar-refractivity contribution < 1.29 is 24.2 Å². The molecule has 0 bridgehead atoms. The summed E-state index contributed by atoms with van der Waals surface area (Å²) in [5, 5.41) is 9.49. The van der Waals surface area contributed by atoms with Crippen LogP contribution in [0.4, 0.5) is 0 Å². The van der Waals surface area contributed by atoms with E-state index in [1.165, 1.54) is 20.1 Å². The van der Waals surface area contributed by atoms with Crippen molar-refractivity contribution in [1.82, 2.24) is 0 Å². The van der Waals surface area contributed by atoms with Crippen molar-refractivity contribution in [1.29, 1.82) is 0 Å². The van der Waals surface area contributed by atoms with Crippen molar-refractivity contribution in [3.63, 3.8) is 0 Å². The minimum Gasteiger partial charge on any atom is -0.496 e. The first kappa shape index (κ1) is 14.8. The molecule has 2 rings (SSSR count). The first-order valence-corrected chi connectivity index (χ1v) is 6.43. The highest BCUT2D eigenvalue weighted by molar-refractivity contribution is 5.78. The lowest BCUT2D eigenvalue weighted by Gasteiger charge is -2.36. The van der Waals surface area contributed by atoms with Crippen molar-refractivity contribution in [3.8, 4) is 5.75 Å². The summed E-state index contributed by atoms with van der Waals surface area (Å²) in [6.45, 7) is 1.25. The van der Waals surface area contributed by atoms with Gasteiger partial charge in [-0.2, -0.15) is 0 Å². The van der Waals surface area contributed by atoms with Crippen LogP contribution in [0.1, 0.15) is 12.5 Å². The lowest BCUT2D eigenvalue weighted by Crippen LogP contribution is -2.42. The van der Waals surface area contributed by atoms with E-state index in [9.17, 15) is 14.7 Å². The largest absolute Gasteiger partial charge is 0.496 e. The minimum absolute atomic E-state index is 0.463. The van der Waals surface area contributed by atoms with E-state index in [4.69, 9.17) is 9.47 Å². The first-order valence-electron chi connectivity index (χ1n) is 6.43. The zero-order valence-electron chi connectivity index (χ0n) is 11.8. The van der Waals surface area contributed by atoms with Gasteiger partial charge in [0.25, 0.3) is 0 Å². The van der Waals surface area contributed by atoms with Crippen molar-refractivity contribution in [2.24, 2.45) is 5.92 Å². The molecule has 0 spiro atoms. The quantitative estimate of drug-likeness (QED) is 0.860. The Labute approximate surface area is 122 Å². The summed E-state index contributed by atoms with van der Waals surface area (Å²) in [4.78, 5) is 23.2. The molecule has 0 aromatic heterocycles. The summed E-state index contributed by atoms with van der Waals surface area (Å²) in [5.41, 5.74) is -0.922. The molecule has 0 saturated heterocycles. The lowest BCUT2D eigenvalue weighted by molar-refractivity contribution is -0.164. The molecule has 5 heteroatoms. The maximum Gasteiger partial charge on any atom is 0.315 e. The summed E-state index contributed by atoms with van der Waals surface area (Å²) < 4.78 is 10.7. The average molecular weight is 288 g/mol. The van der Waals surface area contributed by atoms with Crippen molar-refractivity contribution in [3.05, 3.63) is 54.1 Å². The molecule has 0 saturated carbocycles. The number of benzene rings is 1. The van der Waals surface area contributed by atoms with Crippen LogP contribution >= 0.6 is 0 Å². The molecule has 0 aliphatic heterocycles. The van der Waals surface area contributed by atoms with Crippen LogP contribution in [0.2, 0.25) is 0 Å². The number of hydrogen-bond donors (Lipinski definition) is 1. The van der Waals surface area contributed by atoms with Gasteiger partial charge in [0.1, 0.15) is 11.7 Å². The Morgan fingerprint density at radius 3 is 2.57 bits per heavy atom. The fraction of sp³-hybridized carbons (Fsp3) is 0.250. The molecule has 1 aromatic rings. The highest BCUT2D eigenvalue weighted by Gasteiger charge is 2.47. The Kier molecular flexibility index (Phi) is 4.12. The molecule has 1 N–H and O–H groups in total. The van der Waals surface area contributed by atoms with Crippen LogP contribution in [0.3, 0.4) is 0 Å². The van der Waals surface area contributed by atoms with E-state index in [1.54, 1.807) is 42.5 Å². The number of carbonyl (C=O) groups excluding carboxylic acids is 1. The molecule has 1 aromatic carbocycles. The minimum atomic E-state index is -1.42. The smallest absolute Gasteiger partial charge is 0.315 e. The lowest BCUT2D eigenvalue weighted by atomic mass is 9.77. The maximum atomic E-state index is 11.6. The number of carboxylic acids is 1. The standard InChI is InChI=1S/C16H16O5/c1-11(17)21-16(10-6-5-8-13(16)15(18)19)12-7-3-4-9-14(12)20-2/h3-10,13H,1-2H3,(H,18,19). The first-order chi connectivity index (χ1) is 10.0. The van der Waals surface area contributed by atoms with Gasteiger partial charge in [0.2, 0.25) is 0 Å². The van der Waals surface area contributed by atoms with Gasteiger partial charge in [-0.1, -0.05) is 36.4 Å². The van der Waals surface area contributed by atoms with Crippen LogP contribution in [-0.4, -0.2) is 24.2 Å². The SMILES string of the molecule is COc1ccccc1C1(OC(C)=O)C=CC=CC1C(=O)O. The number of aliphatic carboxylic acids is 1. The average Bonchev–Trinajstić information content (AvgIpc) is 2.46. The predicted molar refractivity (Wildman–Crippen MR) is 75.8 cm³/mol. The number of carbonyl (C=O) groups is 2. The van der Waals surface area contributed by atoms with E-state index < -0.39 is 23.5 Å². The maximum absolute atomic E-state index is 11.6. The Morgan fingerprint density at radius 1 is 1.24 bits per heavy atom. The zero-order valence-corrected chi connectivity index (χ0v) is 11.8. The van der Waals surface area contributed by atoms with Gasteiger partial charge in [0.15, 0.2) is 5.60 Å². The molecule has 21 heavy (non-hydrogen) atoms. The molecule has 110 valence electrons. The van der Waals surface area contributed by atoms with Gasteiger partial charge in [-0.3, -0.25) is 9.59 Å². The fourth-order valence-electron chi connectivity index (χ4n) is 2.50. The Hall–Kier alpha value is -2.56. The third-order valence-electron chi connectivity index (χ3n) is 3.33. The second-order valence-corrected chi connectivity index (χ2v) is 4.65. The molecule has 0 heterocycles. The summed E-state index contributed by atoms with van der Waals surface area (Å²) in [6, 6.07) is 6.91. The zero-order chi connectivity index (χ0) is 15.5. The molecule has 2 unspecified atom stereocenters. The van der Waals surface area contributed by atoms with Crippen LogP contribution in [0.25, 0.3) is 0 Å². The number of allylic oxidation sites excluding steroid dienone is 2. The molecule has 5 nitrogen and oxygen atoms in total. The molecule has 1 aliphatic carbocycles. The number of esters is 1.